The maximum absolute atomic E-state index is 15.7. The lowest BCUT2D eigenvalue weighted by Crippen LogP contribution is -2.70. The fraction of sp³-hybridized carbons (Fsp3) is 0.260. The molecule has 3 N–H and O–H groups in total. The fourth-order valence-electron chi connectivity index (χ4n) is 14.4. The zero-order valence-corrected chi connectivity index (χ0v) is 67.9. The molecule has 0 radical (unpaired) electrons. The standard InChI is InChI=1S/C96H84O32/c1-56(98)114-79-75(71(99)67(52-97)115-93(79)110)126-95-81(77(123-90(107)64-46-26-9-27-47-64)73(120-87(104)61-40-20-6-21-41-61)69(117-95)54-112-84(101)58-34-14-3-15-35-58)128-96-82(78(124-91(108)65-48-28-10-29-49-65)74(121-88(105)62-42-22-7-23-43-62)70(118-96)55-113-85(102)59-36-16-4-17-37-59)127-94-80(125-92(109)66-50-30-11-31-51-66)76(122-89(106)63-44-24-8-25-45-63)72(119-86(103)60-38-18-5-19-39-60)68(116-94)53-111-83(100)57-32-12-2-13-33-57/h2-51,67-82,93-97,99,110H,52-55H2,1H3/t67-,68-,69-,70-,71-,72-,73-,74-,75+,76+,77+,78+,79+,80+,81+,82+,93+,94-,95-,96-/m1/s1. The lowest BCUT2D eigenvalue weighted by molar-refractivity contribution is -0.400. The van der Waals surface area contributed by atoms with E-state index in [0.29, 0.717) is 0 Å². The second-order valence-electron chi connectivity index (χ2n) is 29.3. The zero-order chi connectivity index (χ0) is 89.6. The molecular weight excluding hydrogens is 1670 g/mol. The van der Waals surface area contributed by atoms with Gasteiger partial charge in [0.05, 0.1) is 62.2 Å². The second-order valence-corrected chi connectivity index (χ2v) is 29.3. The molecule has 32 heteroatoms. The highest BCUT2D eigenvalue weighted by atomic mass is 16.8. The number of benzene rings is 10. The van der Waals surface area contributed by atoms with Gasteiger partial charge < -0.3 is 101 Å². The molecule has 0 amide bonds. The van der Waals surface area contributed by atoms with Crippen molar-refractivity contribution in [3.05, 3.63) is 359 Å². The Bertz CT molecular complexity index is 5400. The molecule has 10 aromatic rings. The molecule has 32 nitrogen and oxygen atoms in total. The van der Waals surface area contributed by atoms with Crippen LogP contribution < -0.4 is 0 Å². The highest BCUT2D eigenvalue weighted by Gasteiger charge is 2.62. The molecule has 0 aliphatic carbocycles. The van der Waals surface area contributed by atoms with Gasteiger partial charge in [-0.25, -0.2) is 47.9 Å². The molecule has 660 valence electrons. The molecule has 10 aromatic carbocycles. The van der Waals surface area contributed by atoms with Gasteiger partial charge in [0.15, 0.2) is 86.2 Å². The number of aliphatic hydroxyl groups excluding tert-OH is 3. The summed E-state index contributed by atoms with van der Waals surface area (Å²) < 4.78 is 118. The summed E-state index contributed by atoms with van der Waals surface area (Å²) in [6.45, 7) is -3.19. The minimum Gasteiger partial charge on any atom is -0.459 e. The van der Waals surface area contributed by atoms with Gasteiger partial charge in [-0.05, 0) is 121 Å². The number of carbonyl (C=O) groups excluding carboxylic acids is 11. The maximum atomic E-state index is 15.7. The monoisotopic (exact) mass is 1750 g/mol. The van der Waals surface area contributed by atoms with E-state index in [0.717, 1.165) is 6.92 Å². The Morgan fingerprint density at radius 1 is 0.234 bits per heavy atom. The van der Waals surface area contributed by atoms with Gasteiger partial charge in [0, 0.05) is 6.92 Å². The molecule has 0 bridgehead atoms. The predicted octanol–water partition coefficient (Wildman–Crippen LogP) is 9.47. The Morgan fingerprint density at radius 3 is 0.672 bits per heavy atom. The Balaban J connectivity index is 1.02. The molecule has 128 heavy (non-hydrogen) atoms. The van der Waals surface area contributed by atoms with Crippen molar-refractivity contribution in [1.82, 2.24) is 0 Å². The van der Waals surface area contributed by atoms with Crippen LogP contribution in [-0.4, -0.2) is 230 Å². The Kier molecular flexibility index (Phi) is 30.5. The molecule has 4 aliphatic rings. The Labute approximate surface area is 730 Å². The first-order chi connectivity index (χ1) is 62.2. The van der Waals surface area contributed by atoms with Crippen LogP contribution in [0.25, 0.3) is 0 Å². The van der Waals surface area contributed by atoms with Crippen LogP contribution in [0.2, 0.25) is 0 Å². The summed E-state index contributed by atoms with van der Waals surface area (Å²) in [7, 11) is 0. The number of ether oxygens (including phenoxy) is 18. The van der Waals surface area contributed by atoms with Crippen molar-refractivity contribution in [3.63, 3.8) is 0 Å². The van der Waals surface area contributed by atoms with Crippen LogP contribution in [0.3, 0.4) is 0 Å². The van der Waals surface area contributed by atoms with Gasteiger partial charge in [0.1, 0.15) is 56.4 Å². The third-order valence-corrected chi connectivity index (χ3v) is 20.7. The van der Waals surface area contributed by atoms with Gasteiger partial charge >= 0.3 is 65.7 Å². The lowest BCUT2D eigenvalue weighted by atomic mass is 9.94. The normalized spacial score (nSPS) is 25.3. The molecule has 4 aliphatic heterocycles. The van der Waals surface area contributed by atoms with Crippen LogP contribution in [0.15, 0.2) is 303 Å². The van der Waals surface area contributed by atoms with E-state index in [1.165, 1.54) is 243 Å². The molecule has 0 spiro atoms. The summed E-state index contributed by atoms with van der Waals surface area (Å²) >= 11 is 0. The third-order valence-electron chi connectivity index (χ3n) is 20.7. The number of aliphatic hydroxyl groups is 3. The topological polar surface area (TPSA) is 415 Å². The van der Waals surface area contributed by atoms with Crippen LogP contribution >= 0.6 is 0 Å². The Hall–Kier alpha value is -14.0. The predicted molar refractivity (Wildman–Crippen MR) is 440 cm³/mol. The van der Waals surface area contributed by atoms with Crippen molar-refractivity contribution < 1.29 is 153 Å². The molecule has 4 fully saturated rings. The van der Waals surface area contributed by atoms with E-state index in [-0.39, 0.29) is 55.6 Å². The molecule has 20 atom stereocenters. The average molecular weight is 1750 g/mol. The summed E-state index contributed by atoms with van der Waals surface area (Å²) in [5.74, 6) is -12.6. The number of rotatable bonds is 31. The summed E-state index contributed by atoms with van der Waals surface area (Å²) in [5.41, 5.74) is -1.29. The first kappa shape index (κ1) is 90.2. The average Bonchev–Trinajstić information content (AvgIpc) is 0.750. The van der Waals surface area contributed by atoms with Crippen molar-refractivity contribution >= 4 is 65.7 Å². The SMILES string of the molecule is CC(=O)O[C@H]1[C@@H](O[C@H]2O[C@H](COC(=O)c3ccccc3)[C@@H](OC(=O)c3ccccc3)[C@H](OC(=O)c3ccccc3)[C@@H]2O[C@H]2O[C@H](COC(=O)c3ccccc3)[C@@H](OC(=O)c3ccccc3)[C@H](OC(=O)c3ccccc3)[C@@H]2O[C@H]2O[C@H](COC(=O)c3ccccc3)[C@@H](OC(=O)c3ccccc3)[C@H](OC(=O)c3ccccc3)[C@@H]2OC(=O)c2ccccc2)[C@H](O)[C@@H](CO)O[C@@H]1O. The van der Waals surface area contributed by atoms with Gasteiger partial charge in [-0.3, -0.25) is 4.79 Å². The van der Waals surface area contributed by atoms with Crippen molar-refractivity contribution in [2.75, 3.05) is 26.4 Å². The summed E-state index contributed by atoms with van der Waals surface area (Å²) in [6, 6.07) is 73.1. The first-order valence-electron chi connectivity index (χ1n) is 40.4. The maximum Gasteiger partial charge on any atom is 0.338 e. The van der Waals surface area contributed by atoms with Crippen LogP contribution in [0.5, 0.6) is 0 Å². The van der Waals surface area contributed by atoms with Crippen LogP contribution in [-0.2, 0) is 90.1 Å². The second kappa shape index (κ2) is 43.2. The molecule has 14 rings (SSSR count). The lowest BCUT2D eigenvalue weighted by Gasteiger charge is -2.51. The van der Waals surface area contributed by atoms with Crippen molar-refractivity contribution in [3.8, 4) is 0 Å². The zero-order valence-electron chi connectivity index (χ0n) is 67.9. The summed E-state index contributed by atoms with van der Waals surface area (Å²) in [4.78, 5) is 164. The quantitative estimate of drug-likeness (QED) is 0.0269. The molecular formula is C96H84O32. The molecule has 4 heterocycles. The van der Waals surface area contributed by atoms with E-state index in [1.54, 1.807) is 60.7 Å². The first-order valence-corrected chi connectivity index (χ1v) is 40.4. The minimum atomic E-state index is -2.65. The van der Waals surface area contributed by atoms with E-state index in [2.05, 4.69) is 0 Å². The highest BCUT2D eigenvalue weighted by Crippen LogP contribution is 2.42. The van der Waals surface area contributed by atoms with E-state index in [1.807, 2.05) is 0 Å². The van der Waals surface area contributed by atoms with Gasteiger partial charge in [-0.1, -0.05) is 182 Å². The van der Waals surface area contributed by atoms with Crippen molar-refractivity contribution in [1.29, 1.82) is 0 Å². The highest BCUT2D eigenvalue weighted by molar-refractivity contribution is 5.94. The molecule has 0 saturated carbocycles. The van der Waals surface area contributed by atoms with E-state index in [9.17, 15) is 39.3 Å². The smallest absolute Gasteiger partial charge is 0.338 e. The number of hydrogen-bond acceptors (Lipinski definition) is 32. The van der Waals surface area contributed by atoms with Gasteiger partial charge in [0.2, 0.25) is 0 Å². The number of esters is 11. The van der Waals surface area contributed by atoms with E-state index in [4.69, 9.17) is 85.3 Å². The molecule has 4 saturated heterocycles. The molecule has 0 unspecified atom stereocenters. The Morgan fingerprint density at radius 2 is 0.438 bits per heavy atom. The van der Waals surface area contributed by atoms with Gasteiger partial charge in [-0.2, -0.15) is 0 Å². The van der Waals surface area contributed by atoms with Crippen molar-refractivity contribution in [2.45, 2.75) is 130 Å². The largest absolute Gasteiger partial charge is 0.459 e. The summed E-state index contributed by atoms with van der Waals surface area (Å²) in [6.07, 6.45) is -45.4. The van der Waals surface area contributed by atoms with Gasteiger partial charge in [0.25, 0.3) is 0 Å². The van der Waals surface area contributed by atoms with Crippen molar-refractivity contribution in [2.24, 2.45) is 0 Å². The fourth-order valence-corrected chi connectivity index (χ4v) is 14.4. The number of hydrogen-bond donors (Lipinski definition) is 3. The third kappa shape index (κ3) is 22.6. The van der Waals surface area contributed by atoms with Gasteiger partial charge in [-0.15, -0.1) is 0 Å². The molecule has 0 aromatic heterocycles. The van der Waals surface area contributed by atoms with Crippen LogP contribution in [0, 0.1) is 0 Å². The minimum absolute atomic E-state index is 0.0193. The van der Waals surface area contributed by atoms with Crippen LogP contribution in [0.1, 0.15) is 111 Å². The summed E-state index contributed by atoms with van der Waals surface area (Å²) in [5, 5.41) is 35.1. The van der Waals surface area contributed by atoms with Crippen LogP contribution in [0.4, 0.5) is 0 Å². The van der Waals surface area contributed by atoms with E-state index >= 15 is 28.8 Å². The van der Waals surface area contributed by atoms with E-state index < -0.39 is 215 Å². The number of carbonyl (C=O) groups is 11.